The van der Waals surface area contributed by atoms with Gasteiger partial charge in [0.05, 0.1) is 37.5 Å². The fourth-order valence-corrected chi connectivity index (χ4v) is 3.75. The maximum atomic E-state index is 13.2. The summed E-state index contributed by atoms with van der Waals surface area (Å²) in [5.74, 6) is 0.176. The number of hydrogen-bond acceptors (Lipinski definition) is 6. The highest BCUT2D eigenvalue weighted by Gasteiger charge is 2.42. The number of hydrogen-bond donors (Lipinski definition) is 0. The summed E-state index contributed by atoms with van der Waals surface area (Å²) in [4.78, 5) is 29.6. The molecule has 0 N–H and O–H groups in total. The Bertz CT molecular complexity index is 749. The average molecular weight is 388 g/mol. The van der Waals surface area contributed by atoms with Gasteiger partial charge in [-0.15, -0.1) is 0 Å². The zero-order valence-electron chi connectivity index (χ0n) is 16.9. The van der Waals surface area contributed by atoms with Crippen LogP contribution >= 0.6 is 0 Å². The number of ether oxygens (including phenoxy) is 3. The van der Waals surface area contributed by atoms with E-state index in [9.17, 15) is 9.59 Å². The standard InChI is InChI=1S/C21H28N2O5/c1-5-27-17-8-6-16(7-9-17)18-19(22-12-14(2)28-15(3)13-22)21(25)23(20(18)24)10-11-26-4/h6-9,14-15H,5,10-13H2,1-4H3. The lowest BCUT2D eigenvalue weighted by Gasteiger charge is -2.37. The van der Waals surface area contributed by atoms with Crippen LogP contribution in [0.5, 0.6) is 5.75 Å². The molecule has 7 nitrogen and oxygen atoms in total. The molecule has 7 heteroatoms. The monoisotopic (exact) mass is 388 g/mol. The summed E-state index contributed by atoms with van der Waals surface area (Å²) >= 11 is 0. The lowest BCUT2D eigenvalue weighted by atomic mass is 10.0. The van der Waals surface area contributed by atoms with Crippen molar-refractivity contribution in [1.82, 2.24) is 9.80 Å². The molecule has 2 aliphatic rings. The minimum atomic E-state index is -0.284. The van der Waals surface area contributed by atoms with Gasteiger partial charge in [-0.25, -0.2) is 0 Å². The molecular weight excluding hydrogens is 360 g/mol. The van der Waals surface area contributed by atoms with Gasteiger partial charge in [-0.3, -0.25) is 14.5 Å². The van der Waals surface area contributed by atoms with Crippen molar-refractivity contribution in [2.75, 3.05) is 40.0 Å². The maximum Gasteiger partial charge on any atom is 0.277 e. The average Bonchev–Trinajstić information content (AvgIpc) is 2.90. The van der Waals surface area contributed by atoms with Gasteiger partial charge in [0.15, 0.2) is 0 Å². The van der Waals surface area contributed by atoms with E-state index in [-0.39, 0.29) is 30.6 Å². The Morgan fingerprint density at radius 2 is 1.71 bits per heavy atom. The summed E-state index contributed by atoms with van der Waals surface area (Å²) in [6, 6.07) is 7.31. The molecule has 1 fully saturated rings. The highest BCUT2D eigenvalue weighted by atomic mass is 16.5. The second-order valence-corrected chi connectivity index (χ2v) is 7.10. The van der Waals surface area contributed by atoms with Crippen LogP contribution < -0.4 is 4.74 Å². The number of amides is 2. The number of rotatable bonds is 7. The first-order valence-electron chi connectivity index (χ1n) is 9.69. The number of imide groups is 1. The van der Waals surface area contributed by atoms with Crippen LogP contribution in [-0.2, 0) is 19.1 Å². The Balaban J connectivity index is 2.01. The molecule has 2 aliphatic heterocycles. The molecule has 0 radical (unpaired) electrons. The van der Waals surface area contributed by atoms with Crippen molar-refractivity contribution < 1.29 is 23.8 Å². The van der Waals surface area contributed by atoms with E-state index in [0.29, 0.717) is 43.1 Å². The molecule has 2 atom stereocenters. The molecule has 2 heterocycles. The van der Waals surface area contributed by atoms with Gasteiger partial charge in [0.25, 0.3) is 11.8 Å². The molecule has 28 heavy (non-hydrogen) atoms. The largest absolute Gasteiger partial charge is 0.494 e. The van der Waals surface area contributed by atoms with Crippen LogP contribution in [0.15, 0.2) is 30.0 Å². The molecule has 0 bridgehead atoms. The number of carbonyl (C=O) groups is 2. The van der Waals surface area contributed by atoms with Crippen LogP contribution in [0.4, 0.5) is 0 Å². The van der Waals surface area contributed by atoms with Crippen molar-refractivity contribution in [2.24, 2.45) is 0 Å². The summed E-state index contributed by atoms with van der Waals surface area (Å²) in [6.45, 7) is 8.11. The minimum Gasteiger partial charge on any atom is -0.494 e. The van der Waals surface area contributed by atoms with Gasteiger partial charge in [0.1, 0.15) is 11.4 Å². The Morgan fingerprint density at radius 1 is 1.07 bits per heavy atom. The summed E-state index contributed by atoms with van der Waals surface area (Å²) in [5, 5.41) is 0. The highest BCUT2D eigenvalue weighted by molar-refractivity contribution is 6.35. The van der Waals surface area contributed by atoms with Gasteiger partial charge in [-0.1, -0.05) is 12.1 Å². The Hall–Kier alpha value is -2.38. The molecule has 0 aromatic heterocycles. The fourth-order valence-electron chi connectivity index (χ4n) is 3.75. The zero-order chi connectivity index (χ0) is 20.3. The summed E-state index contributed by atoms with van der Waals surface area (Å²) in [5.41, 5.74) is 1.60. The number of benzene rings is 1. The molecular formula is C21H28N2O5. The third-order valence-corrected chi connectivity index (χ3v) is 4.85. The lowest BCUT2D eigenvalue weighted by Crippen LogP contribution is -2.47. The molecule has 1 saturated heterocycles. The predicted molar refractivity (Wildman–Crippen MR) is 105 cm³/mol. The third kappa shape index (κ3) is 4.05. The van der Waals surface area contributed by atoms with Crippen molar-refractivity contribution in [2.45, 2.75) is 33.0 Å². The van der Waals surface area contributed by atoms with Crippen LogP contribution in [0.1, 0.15) is 26.3 Å². The van der Waals surface area contributed by atoms with Gasteiger partial charge >= 0.3 is 0 Å². The van der Waals surface area contributed by atoms with E-state index in [1.165, 1.54) is 4.90 Å². The summed E-state index contributed by atoms with van der Waals surface area (Å²) in [6.07, 6.45) is -0.0393. The number of carbonyl (C=O) groups excluding carboxylic acids is 2. The molecule has 0 aliphatic carbocycles. The summed E-state index contributed by atoms with van der Waals surface area (Å²) in [7, 11) is 1.55. The number of methoxy groups -OCH3 is 1. The third-order valence-electron chi connectivity index (χ3n) is 4.85. The van der Waals surface area contributed by atoms with Crippen LogP contribution in [-0.4, -0.2) is 73.8 Å². The first-order chi connectivity index (χ1) is 13.5. The minimum absolute atomic E-state index is 0.0197. The van der Waals surface area contributed by atoms with E-state index in [1.807, 2.05) is 49.9 Å². The van der Waals surface area contributed by atoms with E-state index >= 15 is 0 Å². The first-order valence-corrected chi connectivity index (χ1v) is 9.69. The molecule has 1 aromatic rings. The fraction of sp³-hybridized carbons (Fsp3) is 0.524. The van der Waals surface area contributed by atoms with Gasteiger partial charge in [-0.05, 0) is 38.5 Å². The second kappa shape index (κ2) is 8.75. The Kier molecular flexibility index (Phi) is 6.36. The van der Waals surface area contributed by atoms with E-state index in [4.69, 9.17) is 14.2 Å². The molecule has 2 unspecified atom stereocenters. The molecule has 152 valence electrons. The highest BCUT2D eigenvalue weighted by Crippen LogP contribution is 2.33. The first kappa shape index (κ1) is 20.4. The number of nitrogens with zero attached hydrogens (tertiary/aromatic N) is 2. The van der Waals surface area contributed by atoms with Crippen molar-refractivity contribution in [3.8, 4) is 5.75 Å². The smallest absolute Gasteiger partial charge is 0.277 e. The van der Waals surface area contributed by atoms with Crippen molar-refractivity contribution in [3.05, 3.63) is 35.5 Å². The predicted octanol–water partition coefficient (Wildman–Crippen LogP) is 1.92. The van der Waals surface area contributed by atoms with Gasteiger partial charge in [0.2, 0.25) is 0 Å². The van der Waals surface area contributed by atoms with Gasteiger partial charge < -0.3 is 19.1 Å². The Morgan fingerprint density at radius 3 is 2.29 bits per heavy atom. The van der Waals surface area contributed by atoms with Crippen LogP contribution in [0.2, 0.25) is 0 Å². The topological polar surface area (TPSA) is 68.3 Å². The summed E-state index contributed by atoms with van der Waals surface area (Å²) < 4.78 is 16.4. The molecule has 0 saturated carbocycles. The molecule has 2 amide bonds. The number of morpholine rings is 1. The van der Waals surface area contributed by atoms with E-state index < -0.39 is 0 Å². The van der Waals surface area contributed by atoms with Gasteiger partial charge in [0, 0.05) is 20.2 Å². The van der Waals surface area contributed by atoms with Crippen molar-refractivity contribution in [1.29, 1.82) is 0 Å². The molecule has 1 aromatic carbocycles. The van der Waals surface area contributed by atoms with E-state index in [1.54, 1.807) is 7.11 Å². The molecule has 3 rings (SSSR count). The van der Waals surface area contributed by atoms with E-state index in [0.717, 1.165) is 5.75 Å². The van der Waals surface area contributed by atoms with E-state index in [2.05, 4.69) is 0 Å². The van der Waals surface area contributed by atoms with Crippen molar-refractivity contribution >= 4 is 17.4 Å². The zero-order valence-corrected chi connectivity index (χ0v) is 16.9. The van der Waals surface area contributed by atoms with Crippen LogP contribution in [0, 0.1) is 0 Å². The quantitative estimate of drug-likeness (QED) is 0.665. The maximum absolute atomic E-state index is 13.2. The molecule has 0 spiro atoms. The van der Waals surface area contributed by atoms with Crippen molar-refractivity contribution in [3.63, 3.8) is 0 Å². The van der Waals surface area contributed by atoms with Crippen LogP contribution in [0.3, 0.4) is 0 Å². The second-order valence-electron chi connectivity index (χ2n) is 7.10. The Labute approximate surface area is 165 Å². The van der Waals surface area contributed by atoms with Gasteiger partial charge in [-0.2, -0.15) is 0 Å². The van der Waals surface area contributed by atoms with Crippen LogP contribution in [0.25, 0.3) is 5.57 Å². The SMILES string of the molecule is CCOc1ccc(C2=C(N3CC(C)OC(C)C3)C(=O)N(CCOC)C2=O)cc1. The normalized spacial score (nSPS) is 23.0. The lowest BCUT2D eigenvalue weighted by molar-refractivity contribution is -0.139.